The first kappa shape index (κ1) is 18.7. The van der Waals surface area contributed by atoms with E-state index in [0.29, 0.717) is 18.8 Å². The lowest BCUT2D eigenvalue weighted by atomic mass is 9.97. The predicted octanol–water partition coefficient (Wildman–Crippen LogP) is 3.65. The molecule has 0 heterocycles. The van der Waals surface area contributed by atoms with Gasteiger partial charge in [-0.05, 0) is 31.8 Å². The number of allylic oxidation sites excluding steroid dienone is 5. The Bertz CT molecular complexity index is 340. The highest BCUT2D eigenvalue weighted by molar-refractivity contribution is 5.72. The molecule has 0 aliphatic heterocycles. The standard InChI is InChI=1S/C17H28O3/c1-5-6-7-8-9-10-11-20-17(19)15(4)13-16(18)12-14(2)3/h5-10,14-16,18H,11-13H2,1-4H3/b6-5-,8-7-,10-9+. The van der Waals surface area contributed by atoms with Crippen LogP contribution in [0.2, 0.25) is 0 Å². The van der Waals surface area contributed by atoms with Gasteiger partial charge >= 0.3 is 5.97 Å². The molecule has 0 rings (SSSR count). The molecule has 3 nitrogen and oxygen atoms in total. The van der Waals surface area contributed by atoms with Gasteiger partial charge in [-0.25, -0.2) is 0 Å². The minimum atomic E-state index is -0.433. The topological polar surface area (TPSA) is 46.5 Å². The molecule has 1 N–H and O–H groups in total. The number of esters is 1. The van der Waals surface area contributed by atoms with Crippen LogP contribution in [0.5, 0.6) is 0 Å². The second-order valence-corrected chi connectivity index (χ2v) is 5.39. The third-order valence-corrected chi connectivity index (χ3v) is 2.76. The summed E-state index contributed by atoms with van der Waals surface area (Å²) in [4.78, 5) is 11.7. The molecule has 0 spiro atoms. The fourth-order valence-corrected chi connectivity index (χ4v) is 1.79. The quantitative estimate of drug-likeness (QED) is 0.518. The Kier molecular flexibility index (Phi) is 10.7. The van der Waals surface area contributed by atoms with Gasteiger partial charge in [0.05, 0.1) is 12.0 Å². The lowest BCUT2D eigenvalue weighted by Crippen LogP contribution is -2.21. The van der Waals surface area contributed by atoms with Crippen molar-refractivity contribution in [3.8, 4) is 0 Å². The number of aliphatic hydroxyl groups excluding tert-OH is 1. The van der Waals surface area contributed by atoms with Crippen molar-refractivity contribution in [1.29, 1.82) is 0 Å². The van der Waals surface area contributed by atoms with E-state index in [4.69, 9.17) is 4.74 Å². The third kappa shape index (κ3) is 10.6. The van der Waals surface area contributed by atoms with E-state index in [1.54, 1.807) is 13.0 Å². The van der Waals surface area contributed by atoms with Crippen molar-refractivity contribution in [2.24, 2.45) is 11.8 Å². The number of hydrogen-bond donors (Lipinski definition) is 1. The highest BCUT2D eigenvalue weighted by Gasteiger charge is 2.19. The molecule has 0 aromatic rings. The lowest BCUT2D eigenvalue weighted by molar-refractivity contribution is -0.147. The van der Waals surface area contributed by atoms with Crippen LogP contribution in [0.25, 0.3) is 0 Å². The summed E-state index contributed by atoms with van der Waals surface area (Å²) < 4.78 is 5.13. The SMILES string of the molecule is C\C=C/C=C\C=C\COC(=O)C(C)CC(O)CC(C)C. The second kappa shape index (κ2) is 11.5. The van der Waals surface area contributed by atoms with Crippen LogP contribution in [0.4, 0.5) is 0 Å². The maximum absolute atomic E-state index is 11.7. The Labute approximate surface area is 123 Å². The van der Waals surface area contributed by atoms with E-state index in [1.165, 1.54) is 0 Å². The van der Waals surface area contributed by atoms with E-state index >= 15 is 0 Å². The Balaban J connectivity index is 3.91. The van der Waals surface area contributed by atoms with Gasteiger partial charge in [0.2, 0.25) is 0 Å². The molecular formula is C17H28O3. The van der Waals surface area contributed by atoms with Crippen molar-refractivity contribution in [1.82, 2.24) is 0 Å². The van der Waals surface area contributed by atoms with Gasteiger partial charge < -0.3 is 9.84 Å². The van der Waals surface area contributed by atoms with Gasteiger partial charge in [0.25, 0.3) is 0 Å². The summed E-state index contributed by atoms with van der Waals surface area (Å²) in [7, 11) is 0. The van der Waals surface area contributed by atoms with E-state index in [0.717, 1.165) is 0 Å². The first-order valence-electron chi connectivity index (χ1n) is 7.26. The molecule has 2 unspecified atom stereocenters. The zero-order valence-corrected chi connectivity index (χ0v) is 13.1. The minimum Gasteiger partial charge on any atom is -0.461 e. The molecule has 20 heavy (non-hydrogen) atoms. The molecule has 0 aromatic heterocycles. The van der Waals surface area contributed by atoms with Gasteiger partial charge in [-0.3, -0.25) is 4.79 Å². The van der Waals surface area contributed by atoms with Crippen molar-refractivity contribution in [2.45, 2.75) is 46.6 Å². The van der Waals surface area contributed by atoms with Crippen LogP contribution in [0, 0.1) is 11.8 Å². The Morgan fingerprint density at radius 2 is 1.75 bits per heavy atom. The molecule has 0 bridgehead atoms. The lowest BCUT2D eigenvalue weighted by Gasteiger charge is -2.16. The monoisotopic (exact) mass is 280 g/mol. The molecule has 0 aliphatic carbocycles. The van der Waals surface area contributed by atoms with E-state index in [9.17, 15) is 9.90 Å². The van der Waals surface area contributed by atoms with E-state index in [1.807, 2.05) is 37.3 Å². The van der Waals surface area contributed by atoms with Crippen LogP contribution in [0.1, 0.15) is 40.5 Å². The minimum absolute atomic E-state index is 0.255. The summed E-state index contributed by atoms with van der Waals surface area (Å²) in [6, 6.07) is 0. The van der Waals surface area contributed by atoms with Crippen molar-refractivity contribution >= 4 is 5.97 Å². The first-order valence-corrected chi connectivity index (χ1v) is 7.26. The fraction of sp³-hybridized carbons (Fsp3) is 0.588. The normalized spacial score (nSPS) is 15.5. The summed E-state index contributed by atoms with van der Waals surface area (Å²) in [5.74, 6) is -0.0919. The molecule has 0 radical (unpaired) electrons. The van der Waals surface area contributed by atoms with Gasteiger partial charge in [-0.2, -0.15) is 0 Å². The van der Waals surface area contributed by atoms with Crippen LogP contribution < -0.4 is 0 Å². The van der Waals surface area contributed by atoms with Crippen LogP contribution in [-0.4, -0.2) is 23.8 Å². The second-order valence-electron chi connectivity index (χ2n) is 5.39. The Hall–Kier alpha value is -1.35. The number of hydrogen-bond acceptors (Lipinski definition) is 3. The van der Waals surface area contributed by atoms with Gasteiger partial charge in [-0.1, -0.05) is 51.2 Å². The predicted molar refractivity (Wildman–Crippen MR) is 83.3 cm³/mol. The average molecular weight is 280 g/mol. The highest BCUT2D eigenvalue weighted by Crippen LogP contribution is 2.14. The largest absolute Gasteiger partial charge is 0.461 e. The fourth-order valence-electron chi connectivity index (χ4n) is 1.79. The summed E-state index contributed by atoms with van der Waals surface area (Å²) in [6.45, 7) is 8.12. The van der Waals surface area contributed by atoms with Crippen LogP contribution >= 0.6 is 0 Å². The molecule has 0 aliphatic rings. The van der Waals surface area contributed by atoms with Gasteiger partial charge in [-0.15, -0.1) is 0 Å². The first-order chi connectivity index (χ1) is 9.47. The number of aliphatic hydroxyl groups is 1. The van der Waals surface area contributed by atoms with Crippen molar-refractivity contribution in [3.63, 3.8) is 0 Å². The smallest absolute Gasteiger partial charge is 0.309 e. The molecule has 0 saturated heterocycles. The number of carbonyl (C=O) groups excluding carboxylic acids is 1. The molecule has 114 valence electrons. The van der Waals surface area contributed by atoms with Gasteiger partial charge in [0, 0.05) is 0 Å². The number of carbonyl (C=O) groups is 1. The number of ether oxygens (including phenoxy) is 1. The molecule has 0 amide bonds. The zero-order valence-electron chi connectivity index (χ0n) is 13.1. The van der Waals surface area contributed by atoms with E-state index < -0.39 is 6.10 Å². The molecule has 2 atom stereocenters. The van der Waals surface area contributed by atoms with Crippen LogP contribution in [0.3, 0.4) is 0 Å². The summed E-state index contributed by atoms with van der Waals surface area (Å²) >= 11 is 0. The summed E-state index contributed by atoms with van der Waals surface area (Å²) in [6.07, 6.45) is 12.0. The highest BCUT2D eigenvalue weighted by atomic mass is 16.5. The average Bonchev–Trinajstić information content (AvgIpc) is 2.36. The molecule has 0 fully saturated rings. The summed E-state index contributed by atoms with van der Waals surface area (Å²) in [5.41, 5.74) is 0. The van der Waals surface area contributed by atoms with Crippen molar-refractivity contribution < 1.29 is 14.6 Å². The van der Waals surface area contributed by atoms with Crippen molar-refractivity contribution in [2.75, 3.05) is 6.61 Å². The van der Waals surface area contributed by atoms with E-state index in [2.05, 4.69) is 13.8 Å². The van der Waals surface area contributed by atoms with Gasteiger partial charge in [0.1, 0.15) is 6.61 Å². The number of rotatable bonds is 9. The maximum atomic E-state index is 11.7. The van der Waals surface area contributed by atoms with Crippen LogP contribution in [-0.2, 0) is 9.53 Å². The van der Waals surface area contributed by atoms with E-state index in [-0.39, 0.29) is 18.5 Å². The van der Waals surface area contributed by atoms with Crippen LogP contribution in [0.15, 0.2) is 36.5 Å². The Morgan fingerprint density at radius 1 is 1.10 bits per heavy atom. The van der Waals surface area contributed by atoms with Gasteiger partial charge in [0.15, 0.2) is 0 Å². The molecule has 3 heteroatoms. The molecule has 0 saturated carbocycles. The van der Waals surface area contributed by atoms with Crippen molar-refractivity contribution in [3.05, 3.63) is 36.5 Å². The Morgan fingerprint density at radius 3 is 2.35 bits per heavy atom. The maximum Gasteiger partial charge on any atom is 0.309 e. The molecule has 0 aromatic carbocycles. The summed E-state index contributed by atoms with van der Waals surface area (Å²) in [5, 5.41) is 9.79. The third-order valence-electron chi connectivity index (χ3n) is 2.76. The zero-order chi connectivity index (χ0) is 15.4. The molecular weight excluding hydrogens is 252 g/mol.